The Balaban J connectivity index is 2.09. The molecular weight excluding hydrogens is 326 g/mol. The van der Waals surface area contributed by atoms with Crippen molar-refractivity contribution in [1.29, 1.82) is 0 Å². The van der Waals surface area contributed by atoms with Gasteiger partial charge in [-0.2, -0.15) is 4.31 Å². The molecule has 0 spiro atoms. The third-order valence-corrected chi connectivity index (χ3v) is 6.66. The minimum absolute atomic E-state index is 0.257. The van der Waals surface area contributed by atoms with Crippen molar-refractivity contribution in [2.24, 2.45) is 14.1 Å². The number of aromatic nitrogens is 2. The SMILES string of the molecule is Cn1cc(S(=O)(=O)N2CCc3sccc3C2)c(=O)n(C)c1=O. The van der Waals surface area contributed by atoms with Crippen molar-refractivity contribution in [3.8, 4) is 0 Å². The van der Waals surface area contributed by atoms with Gasteiger partial charge in [-0.3, -0.25) is 9.36 Å². The summed E-state index contributed by atoms with van der Waals surface area (Å²) in [7, 11) is -1.23. The van der Waals surface area contributed by atoms with E-state index in [1.54, 1.807) is 11.3 Å². The molecule has 0 amide bonds. The summed E-state index contributed by atoms with van der Waals surface area (Å²) in [5, 5.41) is 1.94. The summed E-state index contributed by atoms with van der Waals surface area (Å²) < 4.78 is 28.7. The Morgan fingerprint density at radius 3 is 2.68 bits per heavy atom. The van der Waals surface area contributed by atoms with Crippen LogP contribution in [0.3, 0.4) is 0 Å². The summed E-state index contributed by atoms with van der Waals surface area (Å²) in [4.78, 5) is 24.7. The van der Waals surface area contributed by atoms with Gasteiger partial charge in [0.05, 0.1) is 0 Å². The summed E-state index contributed by atoms with van der Waals surface area (Å²) in [6, 6.07) is 1.90. The van der Waals surface area contributed by atoms with Crippen LogP contribution in [0.4, 0.5) is 0 Å². The van der Waals surface area contributed by atoms with Gasteiger partial charge in [0.15, 0.2) is 4.90 Å². The second kappa shape index (κ2) is 5.18. The highest BCUT2D eigenvalue weighted by Gasteiger charge is 2.31. The molecular formula is C13H15N3O4S2. The molecule has 1 aliphatic rings. The van der Waals surface area contributed by atoms with Crippen LogP contribution in [0.5, 0.6) is 0 Å². The molecule has 0 aliphatic carbocycles. The molecule has 118 valence electrons. The number of hydrogen-bond donors (Lipinski definition) is 0. The summed E-state index contributed by atoms with van der Waals surface area (Å²) in [5.74, 6) is 0. The fourth-order valence-electron chi connectivity index (χ4n) is 2.52. The fourth-order valence-corrected chi connectivity index (χ4v) is 4.98. The smallest absolute Gasteiger partial charge is 0.302 e. The van der Waals surface area contributed by atoms with Crippen LogP contribution in [0.2, 0.25) is 0 Å². The zero-order valence-corrected chi connectivity index (χ0v) is 13.8. The lowest BCUT2D eigenvalue weighted by atomic mass is 10.1. The highest BCUT2D eigenvalue weighted by atomic mass is 32.2. The van der Waals surface area contributed by atoms with Gasteiger partial charge >= 0.3 is 5.69 Å². The molecule has 3 rings (SSSR count). The second-order valence-corrected chi connectivity index (χ2v) is 8.12. The molecule has 9 heteroatoms. The first-order chi connectivity index (χ1) is 10.3. The average molecular weight is 341 g/mol. The topological polar surface area (TPSA) is 81.4 Å². The molecule has 0 atom stereocenters. The van der Waals surface area contributed by atoms with Crippen molar-refractivity contribution in [2.45, 2.75) is 17.9 Å². The fraction of sp³-hybridized carbons (Fsp3) is 0.385. The quantitative estimate of drug-likeness (QED) is 0.763. The van der Waals surface area contributed by atoms with E-state index in [9.17, 15) is 18.0 Å². The van der Waals surface area contributed by atoms with Gasteiger partial charge in [-0.1, -0.05) is 0 Å². The van der Waals surface area contributed by atoms with Crippen molar-refractivity contribution < 1.29 is 8.42 Å². The van der Waals surface area contributed by atoms with Crippen LogP contribution in [-0.2, 0) is 37.1 Å². The van der Waals surface area contributed by atoms with Crippen LogP contribution in [0.25, 0.3) is 0 Å². The van der Waals surface area contributed by atoms with Crippen molar-refractivity contribution in [3.05, 3.63) is 48.9 Å². The Labute approximate surface area is 131 Å². The summed E-state index contributed by atoms with van der Waals surface area (Å²) in [5.41, 5.74) is -0.372. The zero-order valence-electron chi connectivity index (χ0n) is 12.1. The summed E-state index contributed by atoms with van der Waals surface area (Å²) in [6.07, 6.45) is 1.74. The first kappa shape index (κ1) is 15.2. The van der Waals surface area contributed by atoms with Crippen LogP contribution in [0.15, 0.2) is 32.1 Å². The van der Waals surface area contributed by atoms with E-state index in [0.717, 1.165) is 20.9 Å². The number of thiophene rings is 1. The Hall–Kier alpha value is -1.71. The lowest BCUT2D eigenvalue weighted by Gasteiger charge is -2.26. The van der Waals surface area contributed by atoms with E-state index in [1.165, 1.54) is 23.3 Å². The van der Waals surface area contributed by atoms with Crippen molar-refractivity contribution in [3.63, 3.8) is 0 Å². The summed E-state index contributed by atoms with van der Waals surface area (Å²) in [6.45, 7) is 0.592. The molecule has 22 heavy (non-hydrogen) atoms. The van der Waals surface area contributed by atoms with Crippen LogP contribution >= 0.6 is 11.3 Å². The monoisotopic (exact) mass is 341 g/mol. The molecule has 0 saturated carbocycles. The number of nitrogens with zero attached hydrogens (tertiary/aromatic N) is 3. The lowest BCUT2D eigenvalue weighted by Crippen LogP contribution is -2.43. The number of rotatable bonds is 2. The third kappa shape index (κ3) is 2.25. The maximum absolute atomic E-state index is 12.8. The zero-order chi connectivity index (χ0) is 16.1. The first-order valence-electron chi connectivity index (χ1n) is 6.64. The molecule has 0 N–H and O–H groups in total. The average Bonchev–Trinajstić information content (AvgIpc) is 2.96. The van der Waals surface area contributed by atoms with E-state index in [-0.39, 0.29) is 11.4 Å². The molecule has 0 aromatic carbocycles. The Kier molecular flexibility index (Phi) is 3.58. The maximum atomic E-state index is 12.8. The van der Waals surface area contributed by atoms with Crippen molar-refractivity contribution in [1.82, 2.24) is 13.4 Å². The van der Waals surface area contributed by atoms with Crippen molar-refractivity contribution >= 4 is 21.4 Å². The largest absolute Gasteiger partial charge is 0.330 e. The van der Waals surface area contributed by atoms with E-state index in [0.29, 0.717) is 13.0 Å². The maximum Gasteiger partial charge on any atom is 0.330 e. The van der Waals surface area contributed by atoms with Gasteiger partial charge in [0, 0.05) is 38.3 Å². The van der Waals surface area contributed by atoms with Crippen LogP contribution in [0.1, 0.15) is 10.4 Å². The Bertz CT molecular complexity index is 952. The van der Waals surface area contributed by atoms with E-state index in [4.69, 9.17) is 0 Å². The van der Waals surface area contributed by atoms with Crippen LogP contribution in [0, 0.1) is 0 Å². The minimum Gasteiger partial charge on any atom is -0.302 e. The predicted molar refractivity (Wildman–Crippen MR) is 82.5 cm³/mol. The standard InChI is InChI=1S/C13H15N3O4S2/c1-14-8-11(12(17)15(2)13(14)18)22(19,20)16-5-3-10-9(7-16)4-6-21-10/h4,6,8H,3,5,7H2,1-2H3. The van der Waals surface area contributed by atoms with Gasteiger partial charge in [-0.05, 0) is 23.4 Å². The molecule has 3 heterocycles. The van der Waals surface area contributed by atoms with Gasteiger partial charge in [-0.15, -0.1) is 11.3 Å². The van der Waals surface area contributed by atoms with Crippen LogP contribution in [-0.4, -0.2) is 28.4 Å². The molecule has 0 fully saturated rings. The van der Waals surface area contributed by atoms with E-state index in [2.05, 4.69) is 0 Å². The first-order valence-corrected chi connectivity index (χ1v) is 8.96. The summed E-state index contributed by atoms with van der Waals surface area (Å²) >= 11 is 1.61. The number of aryl methyl sites for hydroxylation is 1. The van der Waals surface area contributed by atoms with E-state index in [1.807, 2.05) is 11.4 Å². The minimum atomic E-state index is -3.93. The molecule has 0 unspecified atom stereocenters. The molecule has 0 saturated heterocycles. The van der Waals surface area contributed by atoms with Gasteiger partial charge in [0.1, 0.15) is 0 Å². The van der Waals surface area contributed by atoms with Gasteiger partial charge < -0.3 is 4.57 Å². The van der Waals surface area contributed by atoms with Crippen LogP contribution < -0.4 is 11.2 Å². The molecule has 2 aromatic heterocycles. The molecule has 0 radical (unpaired) electrons. The van der Waals surface area contributed by atoms with Gasteiger partial charge in [0.25, 0.3) is 5.56 Å². The Morgan fingerprint density at radius 2 is 1.95 bits per heavy atom. The van der Waals surface area contributed by atoms with Crippen molar-refractivity contribution in [2.75, 3.05) is 6.54 Å². The third-order valence-electron chi connectivity index (χ3n) is 3.81. The second-order valence-electron chi connectivity index (χ2n) is 5.21. The molecule has 0 bridgehead atoms. The highest BCUT2D eigenvalue weighted by Crippen LogP contribution is 2.27. The van der Waals surface area contributed by atoms with Gasteiger partial charge in [0.2, 0.25) is 10.0 Å². The normalized spacial score (nSPS) is 15.7. The predicted octanol–water partition coefficient (Wildman–Crippen LogP) is -0.107. The van der Waals surface area contributed by atoms with Gasteiger partial charge in [-0.25, -0.2) is 13.2 Å². The highest BCUT2D eigenvalue weighted by molar-refractivity contribution is 7.89. The number of fused-ring (bicyclic) bond motifs is 1. The molecule has 1 aliphatic heterocycles. The number of hydrogen-bond acceptors (Lipinski definition) is 5. The van der Waals surface area contributed by atoms with E-state index < -0.39 is 21.3 Å². The van der Waals surface area contributed by atoms with E-state index >= 15 is 0 Å². The molecule has 2 aromatic rings. The molecule has 7 nitrogen and oxygen atoms in total. The lowest BCUT2D eigenvalue weighted by molar-refractivity contribution is 0.392. The number of sulfonamides is 1. The Morgan fingerprint density at radius 1 is 1.23 bits per heavy atom.